The maximum Gasteiger partial charge on any atom is 0.397 e. The van der Waals surface area contributed by atoms with Gasteiger partial charge >= 0.3 is 10.4 Å². The van der Waals surface area contributed by atoms with Crippen molar-refractivity contribution in [2.24, 2.45) is 0 Å². The molecule has 0 fully saturated rings. The van der Waals surface area contributed by atoms with Crippen molar-refractivity contribution in [3.05, 3.63) is 12.7 Å². The number of unbranched alkanes of at least 4 members (excludes halogenated alkanes) is 1. The molecular weight excluding hydrogens is 180 g/mol. The van der Waals surface area contributed by atoms with Crippen molar-refractivity contribution in [2.45, 2.75) is 32.3 Å². The lowest BCUT2D eigenvalue weighted by molar-refractivity contribution is 0.208. The van der Waals surface area contributed by atoms with E-state index in [-0.39, 0.29) is 0 Å². The highest BCUT2D eigenvalue weighted by atomic mass is 32.3. The highest BCUT2D eigenvalue weighted by molar-refractivity contribution is 7.80. The van der Waals surface area contributed by atoms with Crippen LogP contribution < -0.4 is 0 Å². The van der Waals surface area contributed by atoms with E-state index in [0.29, 0.717) is 6.42 Å². The van der Waals surface area contributed by atoms with Crippen molar-refractivity contribution < 1.29 is 17.2 Å². The first-order chi connectivity index (χ1) is 5.49. The number of hydrogen-bond donors (Lipinski definition) is 1. The summed E-state index contributed by atoms with van der Waals surface area (Å²) >= 11 is 0. The Balaban J connectivity index is 3.92. The van der Waals surface area contributed by atoms with E-state index in [1.807, 2.05) is 6.92 Å². The summed E-state index contributed by atoms with van der Waals surface area (Å²) in [6.07, 6.45) is 3.09. The summed E-state index contributed by atoms with van der Waals surface area (Å²) < 4.78 is 33.1. The molecule has 0 spiro atoms. The molecule has 0 heterocycles. The van der Waals surface area contributed by atoms with Gasteiger partial charge in [-0.25, -0.2) is 4.18 Å². The molecule has 0 aliphatic rings. The lowest BCUT2D eigenvalue weighted by atomic mass is 10.2. The summed E-state index contributed by atoms with van der Waals surface area (Å²) in [5.41, 5.74) is 0. The molecule has 0 bridgehead atoms. The summed E-state index contributed by atoms with van der Waals surface area (Å²) in [7, 11) is -4.34. The van der Waals surface area contributed by atoms with Crippen LogP contribution in [0, 0.1) is 0 Å². The number of rotatable bonds is 6. The van der Waals surface area contributed by atoms with Crippen LogP contribution in [-0.2, 0) is 14.6 Å². The maximum absolute atomic E-state index is 10.2. The second-order valence-corrected chi connectivity index (χ2v) is 3.49. The molecular formula is C7H14O4S. The predicted octanol–water partition coefficient (Wildman–Crippen LogP) is 1.55. The Hall–Kier alpha value is -0.390. The first kappa shape index (κ1) is 11.6. The van der Waals surface area contributed by atoms with Crippen molar-refractivity contribution in [3.63, 3.8) is 0 Å². The lowest BCUT2D eigenvalue weighted by Gasteiger charge is -2.09. The fourth-order valence-electron chi connectivity index (χ4n) is 0.767. The van der Waals surface area contributed by atoms with Crippen molar-refractivity contribution in [2.75, 3.05) is 0 Å². The van der Waals surface area contributed by atoms with Gasteiger partial charge in [0.25, 0.3) is 0 Å². The van der Waals surface area contributed by atoms with E-state index in [1.165, 1.54) is 6.08 Å². The van der Waals surface area contributed by atoms with E-state index in [0.717, 1.165) is 12.8 Å². The largest absolute Gasteiger partial charge is 0.397 e. The Morgan fingerprint density at radius 1 is 1.67 bits per heavy atom. The summed E-state index contributed by atoms with van der Waals surface area (Å²) in [6.45, 7) is 5.38. The molecule has 0 aromatic rings. The van der Waals surface area contributed by atoms with Crippen LogP contribution >= 0.6 is 0 Å². The third-order valence-corrected chi connectivity index (χ3v) is 1.84. The smallest absolute Gasteiger partial charge is 0.264 e. The molecule has 0 amide bonds. The Morgan fingerprint density at radius 3 is 2.58 bits per heavy atom. The van der Waals surface area contributed by atoms with E-state index in [4.69, 9.17) is 4.55 Å². The molecule has 0 radical (unpaired) electrons. The van der Waals surface area contributed by atoms with Gasteiger partial charge in [-0.1, -0.05) is 25.8 Å². The van der Waals surface area contributed by atoms with Crippen LogP contribution in [0.4, 0.5) is 0 Å². The van der Waals surface area contributed by atoms with Gasteiger partial charge in [-0.3, -0.25) is 4.55 Å². The van der Waals surface area contributed by atoms with Crippen molar-refractivity contribution in [1.82, 2.24) is 0 Å². The van der Waals surface area contributed by atoms with Gasteiger partial charge in [0.05, 0.1) is 6.10 Å². The molecule has 4 nitrogen and oxygen atoms in total. The predicted molar refractivity (Wildman–Crippen MR) is 46.1 cm³/mol. The van der Waals surface area contributed by atoms with Crippen molar-refractivity contribution >= 4 is 10.4 Å². The van der Waals surface area contributed by atoms with Gasteiger partial charge in [-0.2, -0.15) is 8.42 Å². The van der Waals surface area contributed by atoms with Gasteiger partial charge in [0.1, 0.15) is 0 Å². The second kappa shape index (κ2) is 5.29. The first-order valence-electron chi connectivity index (χ1n) is 3.78. The molecule has 5 heteroatoms. The zero-order valence-corrected chi connectivity index (χ0v) is 7.88. The Kier molecular flexibility index (Phi) is 5.12. The minimum Gasteiger partial charge on any atom is -0.264 e. The monoisotopic (exact) mass is 194 g/mol. The molecule has 1 atom stereocenters. The highest BCUT2D eigenvalue weighted by Crippen LogP contribution is 2.07. The fraction of sp³-hybridized carbons (Fsp3) is 0.714. The first-order valence-corrected chi connectivity index (χ1v) is 5.14. The normalized spacial score (nSPS) is 14.2. The molecule has 72 valence electrons. The van der Waals surface area contributed by atoms with E-state index in [2.05, 4.69) is 10.8 Å². The Bertz CT molecular complexity index is 220. The molecule has 0 aliphatic heterocycles. The fourth-order valence-corrected chi connectivity index (χ4v) is 1.25. The third-order valence-electron chi connectivity index (χ3n) is 1.35. The zero-order chi connectivity index (χ0) is 9.61. The van der Waals surface area contributed by atoms with E-state index < -0.39 is 16.5 Å². The topological polar surface area (TPSA) is 63.6 Å². The molecule has 12 heavy (non-hydrogen) atoms. The van der Waals surface area contributed by atoms with Gasteiger partial charge in [0, 0.05) is 0 Å². The standard InChI is InChI=1S/C7H14O4S/c1-3-5-6-7(4-2)11-12(8,9)10/h4,7H,2-3,5-6H2,1H3,(H,8,9,10)/t7-/m1/s1. The highest BCUT2D eigenvalue weighted by Gasteiger charge is 2.12. The SMILES string of the molecule is C=C[C@H](CCCC)OS(=O)(=O)O. The molecule has 0 unspecified atom stereocenters. The second-order valence-electron chi connectivity index (χ2n) is 2.44. The molecule has 0 aromatic heterocycles. The minimum atomic E-state index is -4.34. The van der Waals surface area contributed by atoms with Gasteiger partial charge in [-0.15, -0.1) is 6.58 Å². The van der Waals surface area contributed by atoms with Crippen molar-refractivity contribution in [3.8, 4) is 0 Å². The van der Waals surface area contributed by atoms with Crippen LogP contribution in [0.3, 0.4) is 0 Å². The average Bonchev–Trinajstić information content (AvgIpc) is 1.95. The third kappa shape index (κ3) is 6.33. The van der Waals surface area contributed by atoms with Crippen molar-refractivity contribution in [1.29, 1.82) is 0 Å². The molecule has 0 rings (SSSR count). The van der Waals surface area contributed by atoms with Gasteiger partial charge in [-0.05, 0) is 6.42 Å². The number of hydrogen-bond acceptors (Lipinski definition) is 3. The molecule has 1 N–H and O–H groups in total. The Labute approximate surface area is 73.2 Å². The maximum atomic E-state index is 10.2. The lowest BCUT2D eigenvalue weighted by Crippen LogP contribution is -2.15. The summed E-state index contributed by atoms with van der Waals surface area (Å²) in [5.74, 6) is 0. The van der Waals surface area contributed by atoms with Crippen LogP contribution in [0.15, 0.2) is 12.7 Å². The van der Waals surface area contributed by atoms with Crippen LogP contribution in [-0.4, -0.2) is 19.1 Å². The summed E-state index contributed by atoms with van der Waals surface area (Å²) in [5, 5.41) is 0. The minimum absolute atomic E-state index is 0.555. The quantitative estimate of drug-likeness (QED) is 0.514. The Morgan fingerprint density at radius 2 is 2.25 bits per heavy atom. The van der Waals surface area contributed by atoms with Crippen LogP contribution in [0.2, 0.25) is 0 Å². The zero-order valence-electron chi connectivity index (χ0n) is 7.06. The van der Waals surface area contributed by atoms with Gasteiger partial charge < -0.3 is 0 Å². The van der Waals surface area contributed by atoms with E-state index in [1.54, 1.807) is 0 Å². The van der Waals surface area contributed by atoms with E-state index >= 15 is 0 Å². The van der Waals surface area contributed by atoms with Crippen LogP contribution in [0.5, 0.6) is 0 Å². The van der Waals surface area contributed by atoms with Crippen LogP contribution in [0.25, 0.3) is 0 Å². The summed E-state index contributed by atoms with van der Waals surface area (Å²) in [4.78, 5) is 0. The molecule has 0 saturated carbocycles. The van der Waals surface area contributed by atoms with Gasteiger partial charge in [0.2, 0.25) is 0 Å². The van der Waals surface area contributed by atoms with Crippen LogP contribution in [0.1, 0.15) is 26.2 Å². The molecule has 0 aliphatic carbocycles. The molecule has 0 aromatic carbocycles. The van der Waals surface area contributed by atoms with E-state index in [9.17, 15) is 8.42 Å². The average molecular weight is 194 g/mol. The molecule has 0 saturated heterocycles. The van der Waals surface area contributed by atoms with Gasteiger partial charge in [0.15, 0.2) is 0 Å². The summed E-state index contributed by atoms with van der Waals surface area (Å²) in [6, 6.07) is 0.